The largest absolute Gasteiger partial charge is 0.389 e. The fraction of sp³-hybridized carbons (Fsp3) is 0.545. The quantitative estimate of drug-likeness (QED) is 0.750. The van der Waals surface area contributed by atoms with E-state index in [0.29, 0.717) is 6.54 Å². The lowest BCUT2D eigenvalue weighted by Gasteiger charge is -2.36. The molecule has 0 spiro atoms. The lowest BCUT2D eigenvalue weighted by atomic mass is 9.80. The van der Waals surface area contributed by atoms with Crippen molar-refractivity contribution in [3.8, 4) is 0 Å². The summed E-state index contributed by atoms with van der Waals surface area (Å²) in [5, 5.41) is 13.1. The molecule has 0 aromatic carbocycles. The van der Waals surface area contributed by atoms with Gasteiger partial charge in [0.15, 0.2) is 0 Å². The molecule has 1 saturated carbocycles. The number of aliphatic hydroxyl groups is 1. The third kappa shape index (κ3) is 2.30. The molecular formula is C11H16N2O. The summed E-state index contributed by atoms with van der Waals surface area (Å²) in [4.78, 5) is 4.03. The SMILES string of the molecule is OC1(CNCc2cccnc2)CCC1. The zero-order chi connectivity index (χ0) is 9.86. The van der Waals surface area contributed by atoms with Crippen LogP contribution in [-0.2, 0) is 6.54 Å². The predicted molar refractivity (Wildman–Crippen MR) is 54.7 cm³/mol. The highest BCUT2D eigenvalue weighted by molar-refractivity contribution is 5.08. The van der Waals surface area contributed by atoms with Crippen molar-refractivity contribution in [2.24, 2.45) is 0 Å². The minimum Gasteiger partial charge on any atom is -0.389 e. The van der Waals surface area contributed by atoms with Gasteiger partial charge in [-0.1, -0.05) is 6.07 Å². The van der Waals surface area contributed by atoms with Gasteiger partial charge in [-0.3, -0.25) is 4.98 Å². The Morgan fingerprint density at radius 3 is 2.93 bits per heavy atom. The third-order valence-corrected chi connectivity index (χ3v) is 2.79. The molecule has 1 aromatic heterocycles. The Balaban J connectivity index is 1.73. The second-order valence-electron chi connectivity index (χ2n) is 4.04. The van der Waals surface area contributed by atoms with Crippen molar-refractivity contribution in [1.82, 2.24) is 10.3 Å². The minimum absolute atomic E-state index is 0.428. The molecule has 2 rings (SSSR count). The van der Waals surface area contributed by atoms with E-state index in [0.717, 1.165) is 31.4 Å². The van der Waals surface area contributed by atoms with Crippen molar-refractivity contribution in [2.45, 2.75) is 31.4 Å². The molecule has 2 N–H and O–H groups in total. The van der Waals surface area contributed by atoms with E-state index in [1.165, 1.54) is 0 Å². The van der Waals surface area contributed by atoms with E-state index in [1.54, 1.807) is 6.20 Å². The van der Waals surface area contributed by atoms with Crippen molar-refractivity contribution in [3.63, 3.8) is 0 Å². The van der Waals surface area contributed by atoms with Crippen LogP contribution in [0.15, 0.2) is 24.5 Å². The van der Waals surface area contributed by atoms with Crippen molar-refractivity contribution in [3.05, 3.63) is 30.1 Å². The summed E-state index contributed by atoms with van der Waals surface area (Å²) in [5.41, 5.74) is 0.734. The maximum atomic E-state index is 9.81. The van der Waals surface area contributed by atoms with Crippen LogP contribution in [0, 0.1) is 0 Å². The topological polar surface area (TPSA) is 45.1 Å². The Bertz CT molecular complexity index is 283. The highest BCUT2D eigenvalue weighted by Crippen LogP contribution is 2.30. The number of hydrogen-bond acceptors (Lipinski definition) is 3. The lowest BCUT2D eigenvalue weighted by molar-refractivity contribution is -0.0314. The van der Waals surface area contributed by atoms with Crippen LogP contribution in [0.25, 0.3) is 0 Å². The third-order valence-electron chi connectivity index (χ3n) is 2.79. The highest BCUT2D eigenvalue weighted by Gasteiger charge is 2.33. The van der Waals surface area contributed by atoms with E-state index < -0.39 is 5.60 Å². The van der Waals surface area contributed by atoms with Gasteiger partial charge in [-0.25, -0.2) is 0 Å². The Morgan fingerprint density at radius 1 is 1.50 bits per heavy atom. The van der Waals surface area contributed by atoms with Crippen molar-refractivity contribution < 1.29 is 5.11 Å². The van der Waals surface area contributed by atoms with Gasteiger partial charge in [0.25, 0.3) is 0 Å². The molecule has 0 saturated heterocycles. The summed E-state index contributed by atoms with van der Waals surface area (Å²) >= 11 is 0. The second kappa shape index (κ2) is 4.07. The zero-order valence-electron chi connectivity index (χ0n) is 8.24. The summed E-state index contributed by atoms with van der Waals surface area (Å²) in [5.74, 6) is 0. The molecule has 76 valence electrons. The second-order valence-corrected chi connectivity index (χ2v) is 4.04. The van der Waals surface area contributed by atoms with Gasteiger partial charge < -0.3 is 10.4 Å². The molecular weight excluding hydrogens is 176 g/mol. The highest BCUT2D eigenvalue weighted by atomic mass is 16.3. The molecule has 3 heteroatoms. The predicted octanol–water partition coefficient (Wildman–Crippen LogP) is 1.09. The molecule has 0 radical (unpaired) electrons. The average molecular weight is 192 g/mol. The average Bonchev–Trinajstić information content (AvgIpc) is 2.17. The molecule has 0 aliphatic heterocycles. The number of aromatic nitrogens is 1. The first kappa shape index (κ1) is 9.62. The summed E-state index contributed by atoms with van der Waals surface area (Å²) in [6.45, 7) is 1.48. The first-order chi connectivity index (χ1) is 6.79. The van der Waals surface area contributed by atoms with Gasteiger partial charge in [-0.2, -0.15) is 0 Å². The van der Waals surface area contributed by atoms with E-state index in [9.17, 15) is 5.11 Å². The first-order valence-electron chi connectivity index (χ1n) is 5.11. The molecule has 1 heterocycles. The van der Waals surface area contributed by atoms with E-state index >= 15 is 0 Å². The van der Waals surface area contributed by atoms with E-state index in [-0.39, 0.29) is 0 Å². The standard InChI is InChI=1S/C11H16N2O/c14-11(4-2-5-11)9-13-8-10-3-1-6-12-7-10/h1,3,6-7,13-14H,2,4-5,8-9H2. The van der Waals surface area contributed by atoms with Crippen LogP contribution in [0.5, 0.6) is 0 Å². The lowest BCUT2D eigenvalue weighted by Crippen LogP contribution is -2.45. The maximum absolute atomic E-state index is 9.81. The Labute approximate surface area is 84.2 Å². The Kier molecular flexibility index (Phi) is 2.79. The van der Waals surface area contributed by atoms with Gasteiger partial charge in [0.05, 0.1) is 5.60 Å². The molecule has 1 fully saturated rings. The maximum Gasteiger partial charge on any atom is 0.0771 e. The Morgan fingerprint density at radius 2 is 2.36 bits per heavy atom. The van der Waals surface area contributed by atoms with Crippen molar-refractivity contribution in [1.29, 1.82) is 0 Å². The van der Waals surface area contributed by atoms with Gasteiger partial charge >= 0.3 is 0 Å². The van der Waals surface area contributed by atoms with Gasteiger partial charge in [0.2, 0.25) is 0 Å². The number of nitrogens with one attached hydrogen (secondary N) is 1. The summed E-state index contributed by atoms with van der Waals surface area (Å²) < 4.78 is 0. The van der Waals surface area contributed by atoms with E-state index in [4.69, 9.17) is 0 Å². The van der Waals surface area contributed by atoms with Crippen LogP contribution in [0.4, 0.5) is 0 Å². The van der Waals surface area contributed by atoms with Crippen molar-refractivity contribution in [2.75, 3.05) is 6.54 Å². The van der Waals surface area contributed by atoms with Crippen LogP contribution in [0.3, 0.4) is 0 Å². The first-order valence-corrected chi connectivity index (χ1v) is 5.11. The van der Waals surface area contributed by atoms with E-state index in [2.05, 4.69) is 10.3 Å². The van der Waals surface area contributed by atoms with Crippen LogP contribution in [0.2, 0.25) is 0 Å². The number of rotatable bonds is 4. The van der Waals surface area contributed by atoms with E-state index in [1.807, 2.05) is 18.3 Å². The molecule has 0 amide bonds. The smallest absolute Gasteiger partial charge is 0.0771 e. The van der Waals surface area contributed by atoms with Gasteiger partial charge in [-0.15, -0.1) is 0 Å². The monoisotopic (exact) mass is 192 g/mol. The Hall–Kier alpha value is -0.930. The normalized spacial score (nSPS) is 18.9. The summed E-state index contributed by atoms with van der Waals surface area (Å²) in [6, 6.07) is 3.96. The molecule has 1 aromatic rings. The molecule has 0 atom stereocenters. The molecule has 0 unspecified atom stereocenters. The van der Waals surface area contributed by atoms with Gasteiger partial charge in [-0.05, 0) is 30.9 Å². The number of nitrogens with zero attached hydrogens (tertiary/aromatic N) is 1. The zero-order valence-corrected chi connectivity index (χ0v) is 8.24. The molecule has 0 bridgehead atoms. The summed E-state index contributed by atoms with van der Waals surface area (Å²) in [7, 11) is 0. The summed E-state index contributed by atoms with van der Waals surface area (Å²) in [6.07, 6.45) is 6.64. The number of hydrogen-bond donors (Lipinski definition) is 2. The van der Waals surface area contributed by atoms with Crippen LogP contribution in [-0.4, -0.2) is 22.2 Å². The van der Waals surface area contributed by atoms with Crippen molar-refractivity contribution >= 4 is 0 Å². The van der Waals surface area contributed by atoms with Gasteiger partial charge in [0.1, 0.15) is 0 Å². The molecule has 1 aliphatic carbocycles. The van der Waals surface area contributed by atoms with Crippen LogP contribution in [0.1, 0.15) is 24.8 Å². The van der Waals surface area contributed by atoms with Crippen LogP contribution < -0.4 is 5.32 Å². The number of pyridine rings is 1. The molecule has 14 heavy (non-hydrogen) atoms. The molecule has 1 aliphatic rings. The van der Waals surface area contributed by atoms with Crippen LogP contribution >= 0.6 is 0 Å². The van der Waals surface area contributed by atoms with Gasteiger partial charge in [0, 0.05) is 25.5 Å². The minimum atomic E-state index is -0.428. The molecule has 3 nitrogen and oxygen atoms in total. The fourth-order valence-electron chi connectivity index (χ4n) is 1.70. The fourth-order valence-corrected chi connectivity index (χ4v) is 1.70.